The number of fused-ring (bicyclic) bond motifs is 1. The average Bonchev–Trinajstić information content (AvgIpc) is 3.62. The van der Waals surface area contributed by atoms with Crippen molar-refractivity contribution >= 4 is 16.9 Å². The second-order valence-electron chi connectivity index (χ2n) is 8.86. The Balaban J connectivity index is 1.51. The quantitative estimate of drug-likeness (QED) is 0.625. The number of hydrogen-bond acceptors (Lipinski definition) is 3. The van der Waals surface area contributed by atoms with Crippen LogP contribution in [0.4, 0.5) is 0 Å². The van der Waals surface area contributed by atoms with Crippen molar-refractivity contribution in [2.24, 2.45) is 5.92 Å². The molecule has 0 unspecified atom stereocenters. The zero-order valence-electron chi connectivity index (χ0n) is 17.4. The zero-order valence-corrected chi connectivity index (χ0v) is 17.4. The summed E-state index contributed by atoms with van der Waals surface area (Å²) < 4.78 is 1.91. The van der Waals surface area contributed by atoms with Crippen LogP contribution in [0.15, 0.2) is 36.5 Å². The summed E-state index contributed by atoms with van der Waals surface area (Å²) in [5.74, 6) is 0.819. The minimum Gasteiger partial charge on any atom is -0.333 e. The Hall–Kier alpha value is -2.69. The minimum absolute atomic E-state index is 0.150. The molecule has 2 fully saturated rings. The van der Waals surface area contributed by atoms with Gasteiger partial charge in [0.25, 0.3) is 5.91 Å². The highest BCUT2D eigenvalue weighted by Gasteiger charge is 2.42. The van der Waals surface area contributed by atoms with Crippen molar-refractivity contribution in [3.05, 3.63) is 58.9 Å². The lowest BCUT2D eigenvalue weighted by molar-refractivity contribution is 0.0656. The molecule has 3 aromatic rings. The third-order valence-corrected chi connectivity index (χ3v) is 6.34. The summed E-state index contributed by atoms with van der Waals surface area (Å²) >= 11 is 0. The van der Waals surface area contributed by atoms with E-state index in [-0.39, 0.29) is 5.91 Å². The molecule has 2 aromatic heterocycles. The SMILES string of the molecule is Cc1ccc(Cn2ncc3c(C(=O)N(C4CC4)[C@H](C)C4CC4)cc(C)nc32)cc1. The Morgan fingerprint density at radius 2 is 1.90 bits per heavy atom. The van der Waals surface area contributed by atoms with Crippen molar-refractivity contribution in [1.82, 2.24) is 19.7 Å². The maximum atomic E-state index is 13.6. The van der Waals surface area contributed by atoms with Gasteiger partial charge in [0.15, 0.2) is 5.65 Å². The molecular weight excluding hydrogens is 360 g/mol. The van der Waals surface area contributed by atoms with Crippen molar-refractivity contribution in [2.45, 2.75) is 65.1 Å². The topological polar surface area (TPSA) is 51.0 Å². The Morgan fingerprint density at radius 1 is 1.17 bits per heavy atom. The van der Waals surface area contributed by atoms with Gasteiger partial charge in [0.1, 0.15) is 0 Å². The van der Waals surface area contributed by atoms with E-state index in [1.54, 1.807) is 0 Å². The molecule has 5 rings (SSSR count). The highest BCUT2D eigenvalue weighted by Crippen LogP contribution is 2.40. The summed E-state index contributed by atoms with van der Waals surface area (Å²) in [6.07, 6.45) is 6.56. The van der Waals surface area contributed by atoms with Crippen LogP contribution in [-0.2, 0) is 6.54 Å². The molecule has 1 aromatic carbocycles. The van der Waals surface area contributed by atoms with E-state index in [4.69, 9.17) is 4.98 Å². The smallest absolute Gasteiger partial charge is 0.255 e. The summed E-state index contributed by atoms with van der Waals surface area (Å²) in [4.78, 5) is 20.5. The van der Waals surface area contributed by atoms with Crippen LogP contribution in [0.25, 0.3) is 11.0 Å². The van der Waals surface area contributed by atoms with E-state index in [2.05, 4.69) is 48.1 Å². The van der Waals surface area contributed by atoms with Gasteiger partial charge in [0, 0.05) is 17.8 Å². The van der Waals surface area contributed by atoms with Gasteiger partial charge in [-0.05, 0) is 64.0 Å². The molecule has 0 radical (unpaired) electrons. The van der Waals surface area contributed by atoms with E-state index in [9.17, 15) is 4.79 Å². The lowest BCUT2D eigenvalue weighted by Gasteiger charge is -2.30. The zero-order chi connectivity index (χ0) is 20.1. The van der Waals surface area contributed by atoms with Crippen LogP contribution in [0, 0.1) is 19.8 Å². The summed E-state index contributed by atoms with van der Waals surface area (Å²) in [6, 6.07) is 11.1. The maximum Gasteiger partial charge on any atom is 0.255 e. The summed E-state index contributed by atoms with van der Waals surface area (Å²) in [5.41, 5.74) is 4.83. The molecule has 0 aliphatic heterocycles. The normalized spacial score (nSPS) is 17.5. The van der Waals surface area contributed by atoms with Crippen molar-refractivity contribution in [3.8, 4) is 0 Å². The second-order valence-corrected chi connectivity index (χ2v) is 8.86. The third kappa shape index (κ3) is 3.54. The number of hydrogen-bond donors (Lipinski definition) is 0. The van der Waals surface area contributed by atoms with Gasteiger partial charge < -0.3 is 4.90 Å². The Morgan fingerprint density at radius 3 is 2.55 bits per heavy atom. The van der Waals surface area contributed by atoms with E-state index in [0.29, 0.717) is 24.5 Å². The summed E-state index contributed by atoms with van der Waals surface area (Å²) in [7, 11) is 0. The van der Waals surface area contributed by atoms with E-state index in [1.165, 1.54) is 24.0 Å². The molecule has 1 atom stereocenters. The first-order valence-corrected chi connectivity index (χ1v) is 10.7. The lowest BCUT2D eigenvalue weighted by Crippen LogP contribution is -2.41. The molecule has 2 aliphatic carbocycles. The summed E-state index contributed by atoms with van der Waals surface area (Å²) in [6.45, 7) is 6.92. The van der Waals surface area contributed by atoms with E-state index in [1.807, 2.05) is 23.9 Å². The standard InChI is InChI=1S/C24H28N4O/c1-15-4-6-18(7-5-15)14-27-23-22(13-25-27)21(12-16(2)26-23)24(29)28(20-10-11-20)17(3)19-8-9-19/h4-7,12-13,17,19-20H,8-11,14H2,1-3H3/t17-/m1/s1. The minimum atomic E-state index is 0.150. The first-order chi connectivity index (χ1) is 14.0. The van der Waals surface area contributed by atoms with Crippen LogP contribution in [0.1, 0.15) is 59.8 Å². The van der Waals surface area contributed by atoms with E-state index in [0.717, 1.165) is 35.1 Å². The van der Waals surface area contributed by atoms with Gasteiger partial charge in [-0.15, -0.1) is 0 Å². The monoisotopic (exact) mass is 388 g/mol. The number of aromatic nitrogens is 3. The fourth-order valence-corrected chi connectivity index (χ4v) is 4.31. The molecule has 2 aliphatic rings. The third-order valence-electron chi connectivity index (χ3n) is 6.34. The molecule has 0 bridgehead atoms. The van der Waals surface area contributed by atoms with Crippen molar-refractivity contribution in [1.29, 1.82) is 0 Å². The number of nitrogens with zero attached hydrogens (tertiary/aromatic N) is 4. The highest BCUT2D eigenvalue weighted by molar-refractivity contribution is 6.05. The van der Waals surface area contributed by atoms with Gasteiger partial charge in [-0.1, -0.05) is 29.8 Å². The molecule has 0 spiro atoms. The van der Waals surface area contributed by atoms with Crippen molar-refractivity contribution < 1.29 is 4.79 Å². The molecule has 0 N–H and O–H groups in total. The fraction of sp³-hybridized carbons (Fsp3) is 0.458. The van der Waals surface area contributed by atoms with Gasteiger partial charge in [-0.25, -0.2) is 9.67 Å². The molecule has 1 amide bonds. The van der Waals surface area contributed by atoms with Gasteiger partial charge in [-0.2, -0.15) is 5.10 Å². The molecule has 5 heteroatoms. The Bertz CT molecular complexity index is 1060. The molecule has 5 nitrogen and oxygen atoms in total. The number of aryl methyl sites for hydroxylation is 2. The lowest BCUT2D eigenvalue weighted by atomic mass is 10.1. The molecule has 0 saturated heterocycles. The first kappa shape index (κ1) is 18.3. The molecule has 29 heavy (non-hydrogen) atoms. The molecule has 2 heterocycles. The van der Waals surface area contributed by atoms with E-state index >= 15 is 0 Å². The fourth-order valence-electron chi connectivity index (χ4n) is 4.31. The first-order valence-electron chi connectivity index (χ1n) is 10.7. The van der Waals surface area contributed by atoms with Crippen LogP contribution in [0.3, 0.4) is 0 Å². The van der Waals surface area contributed by atoms with Crippen LogP contribution >= 0.6 is 0 Å². The van der Waals surface area contributed by atoms with Crippen LogP contribution in [0.2, 0.25) is 0 Å². The van der Waals surface area contributed by atoms with Crippen LogP contribution in [0.5, 0.6) is 0 Å². The Kier molecular flexibility index (Phi) is 4.41. The molecule has 2 saturated carbocycles. The average molecular weight is 389 g/mol. The highest BCUT2D eigenvalue weighted by atomic mass is 16.2. The van der Waals surface area contributed by atoms with Crippen molar-refractivity contribution in [3.63, 3.8) is 0 Å². The number of amides is 1. The number of carbonyl (C=O) groups excluding carboxylic acids is 1. The second kappa shape index (κ2) is 6.97. The maximum absolute atomic E-state index is 13.6. The predicted molar refractivity (Wildman–Crippen MR) is 114 cm³/mol. The van der Waals surface area contributed by atoms with Crippen molar-refractivity contribution in [2.75, 3.05) is 0 Å². The van der Waals surface area contributed by atoms with Gasteiger partial charge >= 0.3 is 0 Å². The number of pyridine rings is 1. The van der Waals surface area contributed by atoms with Gasteiger partial charge in [0.2, 0.25) is 0 Å². The molecular formula is C24H28N4O. The summed E-state index contributed by atoms with van der Waals surface area (Å²) in [5, 5.41) is 5.46. The van der Waals surface area contributed by atoms with Crippen LogP contribution in [-0.4, -0.2) is 37.7 Å². The van der Waals surface area contributed by atoms with Crippen LogP contribution < -0.4 is 0 Å². The van der Waals surface area contributed by atoms with Gasteiger partial charge in [0.05, 0.1) is 23.7 Å². The Labute approximate surface area is 171 Å². The predicted octanol–water partition coefficient (Wildman–Crippen LogP) is 4.50. The largest absolute Gasteiger partial charge is 0.333 e. The van der Waals surface area contributed by atoms with E-state index < -0.39 is 0 Å². The molecule has 150 valence electrons. The van der Waals surface area contributed by atoms with Gasteiger partial charge in [-0.3, -0.25) is 4.79 Å². The number of benzene rings is 1. The number of rotatable bonds is 6. The number of carbonyl (C=O) groups is 1.